The first-order valence-electron chi connectivity index (χ1n) is 9.84. The predicted octanol–water partition coefficient (Wildman–Crippen LogP) is 5.43. The molecule has 1 N–H and O–H groups in total. The van der Waals surface area contributed by atoms with Gasteiger partial charge in [0.15, 0.2) is 5.13 Å². The van der Waals surface area contributed by atoms with Gasteiger partial charge in [-0.3, -0.25) is 14.9 Å². The molecule has 2 aromatic carbocycles. The Morgan fingerprint density at radius 1 is 1.12 bits per heavy atom. The van der Waals surface area contributed by atoms with E-state index in [2.05, 4.69) is 10.3 Å². The Hall–Kier alpha value is -3.30. The second-order valence-electron chi connectivity index (χ2n) is 6.70. The fourth-order valence-corrected chi connectivity index (χ4v) is 4.94. The number of hydrogen-bond acceptors (Lipinski definition) is 7. The van der Waals surface area contributed by atoms with Crippen LogP contribution in [0.2, 0.25) is 0 Å². The molecule has 2 aromatic heterocycles. The zero-order valence-electron chi connectivity index (χ0n) is 17.1. The number of para-hydroxylation sites is 1. The van der Waals surface area contributed by atoms with Crippen molar-refractivity contribution in [3.05, 3.63) is 75.9 Å². The van der Waals surface area contributed by atoms with Crippen LogP contribution in [0.3, 0.4) is 0 Å². The van der Waals surface area contributed by atoms with Gasteiger partial charge in [0.1, 0.15) is 23.1 Å². The van der Waals surface area contributed by atoms with E-state index in [1.54, 1.807) is 36.6 Å². The Kier molecular flexibility index (Phi) is 6.77. The number of aromatic nitrogens is 1. The van der Waals surface area contributed by atoms with Gasteiger partial charge >= 0.3 is 5.97 Å². The van der Waals surface area contributed by atoms with E-state index in [1.807, 2.05) is 18.2 Å². The molecule has 0 aliphatic carbocycles. The largest absolute Gasteiger partial charge is 0.489 e. The van der Waals surface area contributed by atoms with Crippen LogP contribution in [0.15, 0.2) is 53.9 Å². The van der Waals surface area contributed by atoms with Gasteiger partial charge in [0.25, 0.3) is 5.91 Å². The lowest BCUT2D eigenvalue weighted by Crippen LogP contribution is -2.13. The number of thiazole rings is 1. The summed E-state index contributed by atoms with van der Waals surface area (Å²) in [5, 5.41) is 5.17. The normalized spacial score (nSPS) is 10.8. The van der Waals surface area contributed by atoms with Gasteiger partial charge in [-0.25, -0.2) is 9.37 Å². The molecular weight excluding hydrogens is 451 g/mol. The van der Waals surface area contributed by atoms with Gasteiger partial charge in [-0.15, -0.1) is 22.7 Å². The van der Waals surface area contributed by atoms with E-state index in [9.17, 15) is 14.0 Å². The molecule has 0 aliphatic heterocycles. The van der Waals surface area contributed by atoms with Crippen LogP contribution in [0.4, 0.5) is 9.52 Å². The highest BCUT2D eigenvalue weighted by Gasteiger charge is 2.22. The highest BCUT2D eigenvalue weighted by Crippen LogP contribution is 2.35. The zero-order valence-corrected chi connectivity index (χ0v) is 18.7. The molecule has 2 heterocycles. The number of rotatable bonds is 8. The standard InChI is InChI=1S/C23H19FN2O4S2/c1-2-29-19(27)11-14-13-31-23(25-14)26-22(28)21-16(12-30-15-7-4-3-5-8-15)20-17(24)9-6-10-18(20)32-21/h3-10,13H,2,11-12H2,1H3,(H,25,26,28). The Bertz CT molecular complexity index is 1250. The first kappa shape index (κ1) is 21.9. The Morgan fingerprint density at radius 3 is 2.72 bits per heavy atom. The van der Waals surface area contributed by atoms with Gasteiger partial charge in [0.05, 0.1) is 18.7 Å². The minimum absolute atomic E-state index is 0.0322. The molecule has 32 heavy (non-hydrogen) atoms. The maximum absolute atomic E-state index is 14.6. The monoisotopic (exact) mass is 470 g/mol. The SMILES string of the molecule is CCOC(=O)Cc1csc(NC(=O)c2sc3cccc(F)c3c2COc2ccccc2)n1. The van der Waals surface area contributed by atoms with Gasteiger partial charge in [-0.1, -0.05) is 24.3 Å². The summed E-state index contributed by atoms with van der Waals surface area (Å²) in [6, 6.07) is 13.9. The molecule has 164 valence electrons. The molecule has 1 amide bonds. The van der Waals surface area contributed by atoms with Crippen molar-refractivity contribution in [2.24, 2.45) is 0 Å². The molecule has 0 saturated carbocycles. The topological polar surface area (TPSA) is 77.5 Å². The average Bonchev–Trinajstić information content (AvgIpc) is 3.38. The molecule has 6 nitrogen and oxygen atoms in total. The van der Waals surface area contributed by atoms with Crippen LogP contribution in [0, 0.1) is 5.82 Å². The molecule has 0 atom stereocenters. The van der Waals surface area contributed by atoms with Crippen molar-refractivity contribution in [3.63, 3.8) is 0 Å². The van der Waals surface area contributed by atoms with Gasteiger partial charge in [-0.2, -0.15) is 0 Å². The van der Waals surface area contributed by atoms with Gasteiger partial charge in [-0.05, 0) is 31.2 Å². The molecule has 0 saturated heterocycles. The van der Waals surface area contributed by atoms with Gasteiger partial charge in [0.2, 0.25) is 0 Å². The number of halogens is 1. The van der Waals surface area contributed by atoms with Gasteiger partial charge in [0, 0.05) is 21.0 Å². The number of benzene rings is 2. The number of carbonyl (C=O) groups is 2. The maximum Gasteiger partial charge on any atom is 0.311 e. The molecule has 0 fully saturated rings. The minimum Gasteiger partial charge on any atom is -0.489 e. The molecular formula is C23H19FN2O4S2. The van der Waals surface area contributed by atoms with E-state index in [0.717, 1.165) is 0 Å². The fourth-order valence-electron chi connectivity index (χ4n) is 3.12. The number of nitrogens with zero attached hydrogens (tertiary/aromatic N) is 1. The summed E-state index contributed by atoms with van der Waals surface area (Å²) in [5.74, 6) is -0.571. The average molecular weight is 471 g/mol. The maximum atomic E-state index is 14.6. The zero-order chi connectivity index (χ0) is 22.5. The van der Waals surface area contributed by atoms with Crippen LogP contribution >= 0.6 is 22.7 Å². The van der Waals surface area contributed by atoms with E-state index in [-0.39, 0.29) is 19.0 Å². The minimum atomic E-state index is -0.408. The number of thiophene rings is 1. The third-order valence-electron chi connectivity index (χ3n) is 4.50. The molecule has 0 aliphatic rings. The van der Waals surface area contributed by atoms with Gasteiger partial charge < -0.3 is 9.47 Å². The van der Waals surface area contributed by atoms with Crippen LogP contribution in [-0.4, -0.2) is 23.5 Å². The van der Waals surface area contributed by atoms with Crippen LogP contribution in [0.5, 0.6) is 5.75 Å². The number of nitrogens with one attached hydrogen (secondary N) is 1. The number of anilines is 1. The third-order valence-corrected chi connectivity index (χ3v) is 6.50. The predicted molar refractivity (Wildman–Crippen MR) is 123 cm³/mol. The quantitative estimate of drug-likeness (QED) is 0.347. The lowest BCUT2D eigenvalue weighted by Gasteiger charge is -2.08. The molecule has 0 bridgehead atoms. The summed E-state index contributed by atoms with van der Waals surface area (Å²) < 4.78 is 26.0. The Labute approximate surface area is 191 Å². The van der Waals surface area contributed by atoms with Crippen LogP contribution in [-0.2, 0) is 22.6 Å². The smallest absolute Gasteiger partial charge is 0.311 e. The number of ether oxygens (including phenoxy) is 2. The number of fused-ring (bicyclic) bond motifs is 1. The molecule has 9 heteroatoms. The summed E-state index contributed by atoms with van der Waals surface area (Å²) >= 11 is 2.40. The second-order valence-corrected chi connectivity index (χ2v) is 8.61. The number of amides is 1. The number of hydrogen-bond donors (Lipinski definition) is 1. The highest BCUT2D eigenvalue weighted by molar-refractivity contribution is 7.21. The van der Waals surface area contributed by atoms with E-state index in [0.29, 0.717) is 43.7 Å². The first-order chi connectivity index (χ1) is 15.5. The summed E-state index contributed by atoms with van der Waals surface area (Å²) in [6.45, 7) is 2.07. The van der Waals surface area contributed by atoms with Crippen LogP contribution in [0.25, 0.3) is 10.1 Å². The van der Waals surface area contributed by atoms with Crippen molar-refractivity contribution in [2.45, 2.75) is 20.0 Å². The number of carbonyl (C=O) groups excluding carboxylic acids is 2. The third kappa shape index (κ3) is 4.95. The van der Waals surface area contributed by atoms with E-state index >= 15 is 0 Å². The highest BCUT2D eigenvalue weighted by atomic mass is 32.1. The van der Waals surface area contributed by atoms with Crippen LogP contribution < -0.4 is 10.1 Å². The lowest BCUT2D eigenvalue weighted by molar-refractivity contribution is -0.142. The molecule has 0 spiro atoms. The molecule has 0 radical (unpaired) electrons. The van der Waals surface area contributed by atoms with E-state index < -0.39 is 11.7 Å². The fraction of sp³-hybridized carbons (Fsp3) is 0.174. The first-order valence-corrected chi connectivity index (χ1v) is 11.5. The second kappa shape index (κ2) is 9.88. The lowest BCUT2D eigenvalue weighted by atomic mass is 10.1. The Morgan fingerprint density at radius 2 is 1.94 bits per heavy atom. The summed E-state index contributed by atoms with van der Waals surface area (Å²) in [7, 11) is 0. The summed E-state index contributed by atoms with van der Waals surface area (Å²) in [5.41, 5.74) is 0.992. The molecule has 4 rings (SSSR count). The van der Waals surface area contributed by atoms with Crippen molar-refractivity contribution < 1.29 is 23.5 Å². The van der Waals surface area contributed by atoms with Crippen LogP contribution in [0.1, 0.15) is 27.9 Å². The summed E-state index contributed by atoms with van der Waals surface area (Å²) in [6.07, 6.45) is 0.0322. The number of esters is 1. The van der Waals surface area contributed by atoms with Crippen molar-refractivity contribution in [1.29, 1.82) is 0 Å². The van der Waals surface area contributed by atoms with Crippen molar-refractivity contribution in [2.75, 3.05) is 11.9 Å². The van der Waals surface area contributed by atoms with E-state index in [1.165, 1.54) is 28.7 Å². The molecule has 0 unspecified atom stereocenters. The van der Waals surface area contributed by atoms with Crippen molar-refractivity contribution in [1.82, 2.24) is 4.98 Å². The molecule has 4 aromatic rings. The van der Waals surface area contributed by atoms with Crippen molar-refractivity contribution in [3.8, 4) is 5.75 Å². The van der Waals surface area contributed by atoms with E-state index in [4.69, 9.17) is 9.47 Å². The summed E-state index contributed by atoms with van der Waals surface area (Å²) in [4.78, 5) is 29.3. The Balaban J connectivity index is 1.58. The van der Waals surface area contributed by atoms with Crippen molar-refractivity contribution >= 4 is 49.8 Å².